The van der Waals surface area contributed by atoms with E-state index in [0.29, 0.717) is 11.8 Å². The zero-order valence-corrected chi connectivity index (χ0v) is 15.9. The predicted octanol–water partition coefficient (Wildman–Crippen LogP) is 3.88. The molecule has 1 aromatic carbocycles. The summed E-state index contributed by atoms with van der Waals surface area (Å²) in [6, 6.07) is 8.35. The minimum absolute atomic E-state index is 0.187. The van der Waals surface area contributed by atoms with Gasteiger partial charge in [0.1, 0.15) is 0 Å². The smallest absolute Gasteiger partial charge is 0.254 e. The van der Waals surface area contributed by atoms with Crippen molar-refractivity contribution in [2.45, 2.75) is 45.4 Å². The van der Waals surface area contributed by atoms with Gasteiger partial charge in [-0.15, -0.1) is 0 Å². The Hall–Kier alpha value is -1.94. The molecule has 0 bridgehead atoms. The lowest BCUT2D eigenvalue weighted by Crippen LogP contribution is -2.40. The number of rotatable bonds is 5. The summed E-state index contributed by atoms with van der Waals surface area (Å²) in [7, 11) is 0. The van der Waals surface area contributed by atoms with Crippen LogP contribution in [0.4, 0.5) is 0 Å². The topological polar surface area (TPSA) is 45.2 Å². The number of nitrogens with one attached hydrogen (secondary N) is 1. The number of benzene rings is 1. The lowest BCUT2D eigenvalue weighted by molar-refractivity contribution is 0.0692. The van der Waals surface area contributed by atoms with Crippen molar-refractivity contribution >= 4 is 16.8 Å². The first-order valence-corrected chi connectivity index (χ1v) is 10.1. The van der Waals surface area contributed by atoms with Gasteiger partial charge < -0.3 is 10.2 Å². The molecule has 1 saturated heterocycles. The predicted molar refractivity (Wildman–Crippen MR) is 106 cm³/mol. The molecule has 1 N–H and O–H groups in total. The van der Waals surface area contributed by atoms with Crippen molar-refractivity contribution in [3.8, 4) is 0 Å². The molecule has 0 atom stereocenters. The third-order valence-electron chi connectivity index (χ3n) is 5.79. The summed E-state index contributed by atoms with van der Waals surface area (Å²) in [5.74, 6) is 1.43. The molecule has 1 aliphatic carbocycles. The Morgan fingerprint density at radius 1 is 1.19 bits per heavy atom. The number of pyridine rings is 1. The van der Waals surface area contributed by atoms with Gasteiger partial charge >= 0.3 is 0 Å². The molecule has 26 heavy (non-hydrogen) atoms. The van der Waals surface area contributed by atoms with Crippen molar-refractivity contribution in [3.63, 3.8) is 0 Å². The maximum atomic E-state index is 13.3. The number of hydrogen-bond acceptors (Lipinski definition) is 3. The first-order chi connectivity index (χ1) is 12.7. The Kier molecular flexibility index (Phi) is 4.94. The van der Waals surface area contributed by atoms with Gasteiger partial charge in [-0.2, -0.15) is 0 Å². The van der Waals surface area contributed by atoms with Crippen LogP contribution in [-0.4, -0.2) is 42.0 Å². The Balaban J connectivity index is 1.59. The van der Waals surface area contributed by atoms with Crippen molar-refractivity contribution in [2.24, 2.45) is 5.92 Å². The highest BCUT2D eigenvalue weighted by Gasteiger charge is 2.29. The number of aryl methyl sites for hydroxylation is 1. The van der Waals surface area contributed by atoms with Crippen LogP contribution in [0.25, 0.3) is 10.9 Å². The third-order valence-corrected chi connectivity index (χ3v) is 5.79. The normalized spacial score (nSPS) is 18.5. The van der Waals surface area contributed by atoms with Gasteiger partial charge in [0.05, 0.1) is 11.1 Å². The fourth-order valence-electron chi connectivity index (χ4n) is 3.98. The van der Waals surface area contributed by atoms with Crippen LogP contribution in [0.1, 0.15) is 60.1 Å². The summed E-state index contributed by atoms with van der Waals surface area (Å²) in [5, 5.41) is 4.45. The van der Waals surface area contributed by atoms with Crippen LogP contribution >= 0.6 is 0 Å². The number of nitrogens with zero attached hydrogens (tertiary/aromatic N) is 2. The second-order valence-electron chi connectivity index (χ2n) is 7.93. The minimum atomic E-state index is 0.187. The molecule has 2 aromatic rings. The van der Waals surface area contributed by atoms with Gasteiger partial charge in [0, 0.05) is 30.1 Å². The van der Waals surface area contributed by atoms with Crippen LogP contribution in [0.3, 0.4) is 0 Å². The largest absolute Gasteiger partial charge is 0.339 e. The standard InChI is InChI=1S/C22H29N3O/c1-3-23-14-16-8-10-25(11-9-16)22(26)19-13-21(17-5-6-17)24-20-7-4-15(2)12-18(19)20/h4,7,12-13,16-17,23H,3,5-6,8-11,14H2,1-2H3. The maximum absolute atomic E-state index is 13.3. The Morgan fingerprint density at radius 2 is 1.96 bits per heavy atom. The molecule has 1 aromatic heterocycles. The molecule has 0 unspecified atom stereocenters. The number of carbonyl (C=O) groups is 1. The summed E-state index contributed by atoms with van der Waals surface area (Å²) >= 11 is 0. The van der Waals surface area contributed by atoms with Gasteiger partial charge in [-0.3, -0.25) is 9.78 Å². The van der Waals surface area contributed by atoms with Gasteiger partial charge in [-0.05, 0) is 69.8 Å². The molecule has 0 spiro atoms. The molecule has 1 amide bonds. The monoisotopic (exact) mass is 351 g/mol. The number of fused-ring (bicyclic) bond motifs is 1. The summed E-state index contributed by atoms with van der Waals surface area (Å²) < 4.78 is 0. The highest BCUT2D eigenvalue weighted by molar-refractivity contribution is 6.06. The van der Waals surface area contributed by atoms with Crippen LogP contribution in [-0.2, 0) is 0 Å². The van der Waals surface area contributed by atoms with E-state index in [1.807, 2.05) is 0 Å². The van der Waals surface area contributed by atoms with Crippen molar-refractivity contribution in [2.75, 3.05) is 26.2 Å². The Morgan fingerprint density at radius 3 is 2.65 bits per heavy atom. The number of piperidine rings is 1. The molecule has 1 saturated carbocycles. The van der Waals surface area contributed by atoms with Crippen LogP contribution in [0, 0.1) is 12.8 Å². The second kappa shape index (κ2) is 7.36. The second-order valence-corrected chi connectivity index (χ2v) is 7.93. The van der Waals surface area contributed by atoms with E-state index in [-0.39, 0.29) is 5.91 Å². The molecule has 2 aliphatic rings. The van der Waals surface area contributed by atoms with E-state index >= 15 is 0 Å². The molecule has 4 rings (SSSR count). The van der Waals surface area contributed by atoms with Crippen molar-refractivity contribution < 1.29 is 4.79 Å². The minimum Gasteiger partial charge on any atom is -0.339 e. The van der Waals surface area contributed by atoms with E-state index in [2.05, 4.69) is 48.3 Å². The quantitative estimate of drug-likeness (QED) is 0.889. The van der Waals surface area contributed by atoms with Crippen LogP contribution in [0.2, 0.25) is 0 Å². The third kappa shape index (κ3) is 3.61. The van der Waals surface area contributed by atoms with E-state index in [1.165, 1.54) is 18.4 Å². The highest BCUT2D eigenvalue weighted by atomic mass is 16.2. The number of hydrogen-bond donors (Lipinski definition) is 1. The fourth-order valence-corrected chi connectivity index (χ4v) is 3.98. The Labute approximate surface area is 156 Å². The van der Waals surface area contributed by atoms with Gasteiger partial charge in [-0.25, -0.2) is 0 Å². The number of aromatic nitrogens is 1. The molecule has 1 aliphatic heterocycles. The summed E-state index contributed by atoms with van der Waals surface area (Å²) in [6.07, 6.45) is 4.59. The lowest BCUT2D eigenvalue weighted by atomic mass is 9.95. The van der Waals surface area contributed by atoms with E-state index in [4.69, 9.17) is 4.98 Å². The molecule has 0 radical (unpaired) electrons. The van der Waals surface area contributed by atoms with Crippen molar-refractivity contribution in [1.82, 2.24) is 15.2 Å². The summed E-state index contributed by atoms with van der Waals surface area (Å²) in [5.41, 5.74) is 4.10. The maximum Gasteiger partial charge on any atom is 0.254 e. The first-order valence-electron chi connectivity index (χ1n) is 10.1. The molecule has 2 fully saturated rings. The zero-order chi connectivity index (χ0) is 18.1. The van der Waals surface area contributed by atoms with Gasteiger partial charge in [0.25, 0.3) is 5.91 Å². The number of carbonyl (C=O) groups excluding carboxylic acids is 1. The van der Waals surface area contributed by atoms with E-state index in [1.54, 1.807) is 0 Å². The van der Waals surface area contributed by atoms with Crippen molar-refractivity contribution in [3.05, 3.63) is 41.1 Å². The molecule has 2 heterocycles. The van der Waals surface area contributed by atoms with Crippen LogP contribution in [0.15, 0.2) is 24.3 Å². The number of amides is 1. The van der Waals surface area contributed by atoms with Crippen LogP contribution < -0.4 is 5.32 Å². The molecule has 4 heteroatoms. The average Bonchev–Trinajstić information content (AvgIpc) is 3.51. The lowest BCUT2D eigenvalue weighted by Gasteiger charge is -2.32. The fraction of sp³-hybridized carbons (Fsp3) is 0.545. The van der Waals surface area contributed by atoms with Crippen LogP contribution in [0.5, 0.6) is 0 Å². The van der Waals surface area contributed by atoms with E-state index in [0.717, 1.165) is 61.2 Å². The van der Waals surface area contributed by atoms with E-state index < -0.39 is 0 Å². The van der Waals surface area contributed by atoms with Gasteiger partial charge in [0.15, 0.2) is 0 Å². The summed E-state index contributed by atoms with van der Waals surface area (Å²) in [4.78, 5) is 20.2. The molecule has 4 nitrogen and oxygen atoms in total. The molecular weight excluding hydrogens is 322 g/mol. The van der Waals surface area contributed by atoms with Gasteiger partial charge in [0.2, 0.25) is 0 Å². The van der Waals surface area contributed by atoms with E-state index in [9.17, 15) is 4.79 Å². The molecular formula is C22H29N3O. The summed E-state index contributed by atoms with van der Waals surface area (Å²) in [6.45, 7) is 8.04. The zero-order valence-electron chi connectivity index (χ0n) is 15.9. The van der Waals surface area contributed by atoms with Crippen molar-refractivity contribution in [1.29, 1.82) is 0 Å². The van der Waals surface area contributed by atoms with Gasteiger partial charge in [-0.1, -0.05) is 18.6 Å². The SMILES string of the molecule is CCNCC1CCN(C(=O)c2cc(C3CC3)nc3ccc(C)cc23)CC1. The highest BCUT2D eigenvalue weighted by Crippen LogP contribution is 2.40. The number of likely N-dealkylation sites (tertiary alicyclic amines) is 1. The first kappa shape index (κ1) is 17.5. The molecule has 138 valence electrons. The average molecular weight is 351 g/mol. The Bertz CT molecular complexity index is 804.